The van der Waals surface area contributed by atoms with Gasteiger partial charge < -0.3 is 19.5 Å². The van der Waals surface area contributed by atoms with E-state index < -0.39 is 30.3 Å². The minimum Gasteiger partial charge on any atom is -0.481 e. The molecule has 8 heteroatoms. The number of aliphatic carboxylic acids is 1. The molecule has 0 aromatic heterocycles. The molecule has 1 N–H and O–H groups in total. The van der Waals surface area contributed by atoms with Crippen LogP contribution in [-0.2, 0) is 14.3 Å². The van der Waals surface area contributed by atoms with Crippen LogP contribution < -0.4 is 4.74 Å². The zero-order valence-corrected chi connectivity index (χ0v) is 12.5. The first kappa shape index (κ1) is 15.7. The van der Waals surface area contributed by atoms with Crippen molar-refractivity contribution >= 4 is 27.8 Å². The predicted octanol–water partition coefficient (Wildman–Crippen LogP) is 1.28. The Morgan fingerprint density at radius 2 is 2.29 bits per heavy atom. The van der Waals surface area contributed by atoms with Crippen molar-refractivity contribution in [2.45, 2.75) is 6.04 Å². The fourth-order valence-corrected chi connectivity index (χ4v) is 2.25. The maximum absolute atomic E-state index is 13.6. The Balaban J connectivity index is 1.98. The maximum atomic E-state index is 13.6. The third-order valence-corrected chi connectivity index (χ3v) is 3.47. The van der Waals surface area contributed by atoms with Gasteiger partial charge in [0.05, 0.1) is 13.2 Å². The summed E-state index contributed by atoms with van der Waals surface area (Å²) < 4.78 is 24.3. The second-order valence-corrected chi connectivity index (χ2v) is 5.30. The molecule has 0 radical (unpaired) electrons. The molecule has 0 bridgehead atoms. The Labute approximate surface area is 128 Å². The van der Waals surface area contributed by atoms with Crippen molar-refractivity contribution in [3.8, 4) is 5.75 Å². The smallest absolute Gasteiger partial charge is 0.328 e. The normalized spacial score (nSPS) is 18.4. The summed E-state index contributed by atoms with van der Waals surface area (Å²) in [7, 11) is 0. The maximum Gasteiger partial charge on any atom is 0.328 e. The molecule has 1 heterocycles. The topological polar surface area (TPSA) is 76.1 Å². The Kier molecular flexibility index (Phi) is 5.13. The Morgan fingerprint density at radius 1 is 1.52 bits per heavy atom. The lowest BCUT2D eigenvalue weighted by molar-refractivity contribution is -0.159. The minimum absolute atomic E-state index is 0.0618. The average Bonchev–Trinajstić information content (AvgIpc) is 2.46. The van der Waals surface area contributed by atoms with Crippen LogP contribution in [0.2, 0.25) is 0 Å². The summed E-state index contributed by atoms with van der Waals surface area (Å²) in [4.78, 5) is 24.2. The quantitative estimate of drug-likeness (QED) is 0.874. The van der Waals surface area contributed by atoms with E-state index in [0.29, 0.717) is 4.47 Å². The summed E-state index contributed by atoms with van der Waals surface area (Å²) >= 11 is 3.11. The molecule has 0 aliphatic carbocycles. The van der Waals surface area contributed by atoms with E-state index in [9.17, 15) is 14.0 Å². The molecule has 1 unspecified atom stereocenters. The van der Waals surface area contributed by atoms with E-state index >= 15 is 0 Å². The number of carboxylic acids is 1. The van der Waals surface area contributed by atoms with E-state index in [1.807, 2.05) is 0 Å². The van der Waals surface area contributed by atoms with Crippen molar-refractivity contribution < 1.29 is 28.6 Å². The number of carbonyl (C=O) groups excluding carboxylic acids is 1. The van der Waals surface area contributed by atoms with E-state index in [4.69, 9.17) is 14.6 Å². The number of carboxylic acid groups (broad SMARTS) is 1. The number of rotatable bonds is 4. The standard InChI is InChI=1S/C13H13BrFNO5/c14-8-1-2-11(9(15)5-8)21-7-12(17)16-3-4-20-6-10(16)13(18)19/h1-2,5,10H,3-4,6-7H2,(H,18,19). The van der Waals surface area contributed by atoms with Crippen molar-refractivity contribution in [2.24, 2.45) is 0 Å². The highest BCUT2D eigenvalue weighted by atomic mass is 79.9. The molecule has 1 aliphatic rings. The summed E-state index contributed by atoms with van der Waals surface area (Å²) in [5.41, 5.74) is 0. The summed E-state index contributed by atoms with van der Waals surface area (Å²) in [6.07, 6.45) is 0. The van der Waals surface area contributed by atoms with Gasteiger partial charge in [0.15, 0.2) is 24.2 Å². The van der Waals surface area contributed by atoms with Crippen LogP contribution in [0.15, 0.2) is 22.7 Å². The first-order chi connectivity index (χ1) is 9.99. The van der Waals surface area contributed by atoms with Gasteiger partial charge in [0.2, 0.25) is 0 Å². The van der Waals surface area contributed by atoms with Crippen LogP contribution in [0.1, 0.15) is 0 Å². The van der Waals surface area contributed by atoms with Crippen LogP contribution in [0.3, 0.4) is 0 Å². The lowest BCUT2D eigenvalue weighted by Gasteiger charge is -2.32. The molecular formula is C13H13BrFNO5. The van der Waals surface area contributed by atoms with Gasteiger partial charge in [0.1, 0.15) is 0 Å². The van der Waals surface area contributed by atoms with Crippen molar-refractivity contribution in [3.63, 3.8) is 0 Å². The van der Waals surface area contributed by atoms with Gasteiger partial charge in [-0.25, -0.2) is 9.18 Å². The lowest BCUT2D eigenvalue weighted by Crippen LogP contribution is -2.53. The summed E-state index contributed by atoms with van der Waals surface area (Å²) in [5, 5.41) is 9.04. The van der Waals surface area contributed by atoms with Crippen LogP contribution in [-0.4, -0.2) is 54.3 Å². The molecule has 114 valence electrons. The molecule has 21 heavy (non-hydrogen) atoms. The highest BCUT2D eigenvalue weighted by molar-refractivity contribution is 9.10. The number of hydrogen-bond acceptors (Lipinski definition) is 4. The Morgan fingerprint density at radius 3 is 2.95 bits per heavy atom. The van der Waals surface area contributed by atoms with E-state index in [2.05, 4.69) is 15.9 Å². The number of benzene rings is 1. The molecule has 1 aromatic rings. The zero-order valence-electron chi connectivity index (χ0n) is 10.9. The first-order valence-electron chi connectivity index (χ1n) is 6.17. The molecule has 1 aromatic carbocycles. The molecule has 6 nitrogen and oxygen atoms in total. The van der Waals surface area contributed by atoms with Crippen LogP contribution in [0, 0.1) is 5.82 Å². The van der Waals surface area contributed by atoms with E-state index in [1.165, 1.54) is 17.0 Å². The summed E-state index contributed by atoms with van der Waals surface area (Å²) in [5.74, 6) is -2.33. The molecule has 2 rings (SSSR count). The fraction of sp³-hybridized carbons (Fsp3) is 0.385. The van der Waals surface area contributed by atoms with Gasteiger partial charge in [0, 0.05) is 11.0 Å². The second kappa shape index (κ2) is 6.86. The number of halogens is 2. The molecule has 1 saturated heterocycles. The van der Waals surface area contributed by atoms with Crippen LogP contribution in [0.4, 0.5) is 4.39 Å². The number of carbonyl (C=O) groups is 2. The van der Waals surface area contributed by atoms with Crippen molar-refractivity contribution in [3.05, 3.63) is 28.5 Å². The zero-order chi connectivity index (χ0) is 15.4. The highest BCUT2D eigenvalue weighted by Gasteiger charge is 2.32. The average molecular weight is 362 g/mol. The number of amides is 1. The Hall–Kier alpha value is -1.67. The number of morpholine rings is 1. The molecule has 1 amide bonds. The summed E-state index contributed by atoms with van der Waals surface area (Å²) in [6, 6.07) is 3.15. The van der Waals surface area contributed by atoms with Gasteiger partial charge in [-0.2, -0.15) is 0 Å². The number of hydrogen-bond donors (Lipinski definition) is 1. The van der Waals surface area contributed by atoms with Gasteiger partial charge in [-0.1, -0.05) is 15.9 Å². The van der Waals surface area contributed by atoms with Crippen molar-refractivity contribution in [1.82, 2.24) is 4.90 Å². The second-order valence-electron chi connectivity index (χ2n) is 4.38. The number of ether oxygens (including phenoxy) is 2. The molecular weight excluding hydrogens is 349 g/mol. The van der Waals surface area contributed by atoms with Gasteiger partial charge in [-0.05, 0) is 18.2 Å². The van der Waals surface area contributed by atoms with Crippen LogP contribution >= 0.6 is 15.9 Å². The van der Waals surface area contributed by atoms with Crippen LogP contribution in [0.25, 0.3) is 0 Å². The SMILES string of the molecule is O=C(O)C1COCCN1C(=O)COc1ccc(Br)cc1F. The summed E-state index contributed by atoms with van der Waals surface area (Å²) in [6.45, 7) is -0.0554. The van der Waals surface area contributed by atoms with E-state index in [1.54, 1.807) is 6.07 Å². The molecule has 1 aliphatic heterocycles. The largest absolute Gasteiger partial charge is 0.481 e. The van der Waals surface area contributed by atoms with Crippen LogP contribution in [0.5, 0.6) is 5.75 Å². The fourth-order valence-electron chi connectivity index (χ4n) is 1.92. The molecule has 1 atom stereocenters. The third-order valence-electron chi connectivity index (χ3n) is 2.98. The minimum atomic E-state index is -1.14. The van der Waals surface area contributed by atoms with Gasteiger partial charge in [-0.3, -0.25) is 4.79 Å². The van der Waals surface area contributed by atoms with Crippen molar-refractivity contribution in [2.75, 3.05) is 26.4 Å². The molecule has 0 saturated carbocycles. The van der Waals surface area contributed by atoms with E-state index in [0.717, 1.165) is 0 Å². The molecule has 1 fully saturated rings. The van der Waals surface area contributed by atoms with Gasteiger partial charge in [0.25, 0.3) is 5.91 Å². The predicted molar refractivity (Wildman–Crippen MR) is 73.6 cm³/mol. The first-order valence-corrected chi connectivity index (χ1v) is 6.96. The Bertz CT molecular complexity index is 553. The highest BCUT2D eigenvalue weighted by Crippen LogP contribution is 2.21. The monoisotopic (exact) mass is 361 g/mol. The lowest BCUT2D eigenvalue weighted by atomic mass is 10.2. The van der Waals surface area contributed by atoms with E-state index in [-0.39, 0.29) is 25.5 Å². The number of nitrogens with zero attached hydrogens (tertiary/aromatic N) is 1. The third kappa shape index (κ3) is 3.92. The molecule has 0 spiro atoms. The van der Waals surface area contributed by atoms with Gasteiger partial charge in [-0.15, -0.1) is 0 Å². The van der Waals surface area contributed by atoms with Gasteiger partial charge >= 0.3 is 5.97 Å². The van der Waals surface area contributed by atoms with Crippen molar-refractivity contribution in [1.29, 1.82) is 0 Å².